The average molecular weight is 259 g/mol. The monoisotopic (exact) mass is 258 g/mol. The lowest BCUT2D eigenvalue weighted by molar-refractivity contribution is 0.472. The molecule has 0 atom stereocenters. The zero-order valence-corrected chi connectivity index (χ0v) is 9.02. The molecule has 0 bridgehead atoms. The molecule has 0 saturated carbocycles. The van der Waals surface area contributed by atoms with Gasteiger partial charge in [0, 0.05) is 21.0 Å². The van der Waals surface area contributed by atoms with Crippen LogP contribution in [-0.2, 0) is 5.33 Å². The fourth-order valence-corrected chi connectivity index (χ4v) is 2.70. The first kappa shape index (κ1) is 8.84. The van der Waals surface area contributed by atoms with Crippen molar-refractivity contribution in [3.63, 3.8) is 0 Å². The average Bonchev–Trinajstić information content (AvgIpc) is 2.45. The molecule has 1 heterocycles. The van der Waals surface area contributed by atoms with Gasteiger partial charge in [-0.05, 0) is 18.2 Å². The fourth-order valence-electron chi connectivity index (χ4n) is 1.28. The topological polar surface area (TPSA) is 40.5 Å². The number of thiophene rings is 1. The normalized spacial score (nSPS) is 10.8. The Morgan fingerprint density at radius 1 is 1.31 bits per heavy atom. The summed E-state index contributed by atoms with van der Waals surface area (Å²) in [5.74, 6) is 0.266. The van der Waals surface area contributed by atoms with E-state index < -0.39 is 0 Å². The first-order valence-electron chi connectivity index (χ1n) is 3.71. The van der Waals surface area contributed by atoms with Crippen molar-refractivity contribution in [2.24, 2.45) is 0 Å². The van der Waals surface area contributed by atoms with Crippen LogP contribution in [0.5, 0.6) is 10.8 Å². The van der Waals surface area contributed by atoms with E-state index in [1.54, 1.807) is 18.2 Å². The Kier molecular flexibility index (Phi) is 2.17. The standard InChI is InChI=1S/C9H7BrO2S/c10-4-6-5-3-9(12)13-8(5)2-1-7(6)11/h1-3,11-12H,4H2. The number of alkyl halides is 1. The van der Waals surface area contributed by atoms with E-state index >= 15 is 0 Å². The van der Waals surface area contributed by atoms with Crippen molar-refractivity contribution in [3.8, 4) is 10.8 Å². The first-order chi connectivity index (χ1) is 6.22. The number of hydrogen-bond donors (Lipinski definition) is 2. The lowest BCUT2D eigenvalue weighted by Crippen LogP contribution is -1.78. The van der Waals surface area contributed by atoms with Gasteiger partial charge in [-0.15, -0.1) is 0 Å². The van der Waals surface area contributed by atoms with Gasteiger partial charge in [-0.2, -0.15) is 0 Å². The summed E-state index contributed by atoms with van der Waals surface area (Å²) in [6.45, 7) is 0. The van der Waals surface area contributed by atoms with Gasteiger partial charge in [-0.1, -0.05) is 27.3 Å². The zero-order chi connectivity index (χ0) is 9.42. The minimum absolute atomic E-state index is 0.266. The van der Waals surface area contributed by atoms with Crippen molar-refractivity contribution in [2.75, 3.05) is 0 Å². The molecule has 0 saturated heterocycles. The molecule has 1 aromatic heterocycles. The highest BCUT2D eigenvalue weighted by atomic mass is 79.9. The molecule has 68 valence electrons. The maximum atomic E-state index is 9.51. The van der Waals surface area contributed by atoms with Crippen molar-refractivity contribution in [3.05, 3.63) is 23.8 Å². The summed E-state index contributed by atoms with van der Waals surface area (Å²) >= 11 is 4.62. The predicted molar refractivity (Wildman–Crippen MR) is 57.8 cm³/mol. The third kappa shape index (κ3) is 1.40. The SMILES string of the molecule is Oc1cc2c(CBr)c(O)ccc2s1. The van der Waals surface area contributed by atoms with Crippen LogP contribution in [0.3, 0.4) is 0 Å². The molecule has 0 aliphatic rings. The third-order valence-corrected chi connectivity index (χ3v) is 3.37. The Balaban J connectivity index is 2.82. The lowest BCUT2D eigenvalue weighted by atomic mass is 10.1. The summed E-state index contributed by atoms with van der Waals surface area (Å²) < 4.78 is 0.991. The Labute approximate surface area is 87.6 Å². The number of halogens is 1. The maximum absolute atomic E-state index is 9.51. The Morgan fingerprint density at radius 2 is 2.08 bits per heavy atom. The van der Waals surface area contributed by atoms with E-state index in [1.807, 2.05) is 0 Å². The van der Waals surface area contributed by atoms with Crippen molar-refractivity contribution in [1.82, 2.24) is 0 Å². The van der Waals surface area contributed by atoms with E-state index in [4.69, 9.17) is 0 Å². The molecule has 0 aliphatic heterocycles. The van der Waals surface area contributed by atoms with E-state index in [2.05, 4.69) is 15.9 Å². The van der Waals surface area contributed by atoms with E-state index in [1.165, 1.54) is 11.3 Å². The summed E-state index contributed by atoms with van der Waals surface area (Å²) in [6.07, 6.45) is 0. The lowest BCUT2D eigenvalue weighted by Gasteiger charge is -2.00. The predicted octanol–water partition coefficient (Wildman–Crippen LogP) is 3.21. The number of phenols is 1. The highest BCUT2D eigenvalue weighted by molar-refractivity contribution is 9.08. The Hall–Kier alpha value is -0.740. The summed E-state index contributed by atoms with van der Waals surface area (Å²) in [5, 5.41) is 20.6. The van der Waals surface area contributed by atoms with Crippen molar-refractivity contribution >= 4 is 37.4 Å². The molecule has 2 aromatic rings. The number of phenolic OH excluding ortho intramolecular Hbond substituents is 1. The second-order valence-corrected chi connectivity index (χ2v) is 4.32. The molecular weight excluding hydrogens is 252 g/mol. The van der Waals surface area contributed by atoms with E-state index in [9.17, 15) is 10.2 Å². The van der Waals surface area contributed by atoms with Crippen LogP contribution in [0.4, 0.5) is 0 Å². The largest absolute Gasteiger partial charge is 0.508 e. The summed E-state index contributed by atoms with van der Waals surface area (Å²) in [4.78, 5) is 0. The van der Waals surface area contributed by atoms with Crippen molar-refractivity contribution < 1.29 is 10.2 Å². The number of rotatable bonds is 1. The van der Waals surface area contributed by atoms with Gasteiger partial charge in [0.2, 0.25) is 0 Å². The molecule has 0 amide bonds. The first-order valence-corrected chi connectivity index (χ1v) is 5.65. The Morgan fingerprint density at radius 3 is 2.77 bits per heavy atom. The molecule has 2 rings (SSSR count). The second-order valence-electron chi connectivity index (χ2n) is 2.69. The minimum Gasteiger partial charge on any atom is -0.508 e. The number of benzene rings is 1. The smallest absolute Gasteiger partial charge is 0.172 e. The van der Waals surface area contributed by atoms with Crippen LogP contribution in [0.2, 0.25) is 0 Å². The van der Waals surface area contributed by atoms with Crippen LogP contribution in [0.25, 0.3) is 10.1 Å². The van der Waals surface area contributed by atoms with Crippen LogP contribution < -0.4 is 0 Å². The number of aromatic hydroxyl groups is 2. The van der Waals surface area contributed by atoms with Crippen LogP contribution in [0.1, 0.15) is 5.56 Å². The van der Waals surface area contributed by atoms with Crippen LogP contribution in [0, 0.1) is 0 Å². The molecule has 0 spiro atoms. The van der Waals surface area contributed by atoms with Gasteiger partial charge in [-0.3, -0.25) is 0 Å². The van der Waals surface area contributed by atoms with Crippen LogP contribution in [0.15, 0.2) is 18.2 Å². The molecule has 2 N–H and O–H groups in total. The van der Waals surface area contributed by atoms with Gasteiger partial charge in [-0.25, -0.2) is 0 Å². The highest BCUT2D eigenvalue weighted by Gasteiger charge is 2.08. The van der Waals surface area contributed by atoms with Gasteiger partial charge in [0.25, 0.3) is 0 Å². The quantitative estimate of drug-likeness (QED) is 0.772. The number of hydrogen-bond acceptors (Lipinski definition) is 3. The van der Waals surface area contributed by atoms with E-state index in [0.29, 0.717) is 5.33 Å². The Bertz CT molecular complexity index is 450. The molecule has 0 fully saturated rings. The molecule has 13 heavy (non-hydrogen) atoms. The van der Waals surface area contributed by atoms with Crippen molar-refractivity contribution in [2.45, 2.75) is 5.33 Å². The fraction of sp³-hybridized carbons (Fsp3) is 0.111. The molecule has 1 aromatic carbocycles. The number of fused-ring (bicyclic) bond motifs is 1. The maximum Gasteiger partial charge on any atom is 0.172 e. The van der Waals surface area contributed by atoms with Crippen LogP contribution in [-0.4, -0.2) is 10.2 Å². The molecular formula is C9H7BrO2S. The second kappa shape index (κ2) is 3.20. The van der Waals surface area contributed by atoms with E-state index in [-0.39, 0.29) is 10.8 Å². The van der Waals surface area contributed by atoms with Crippen LogP contribution >= 0.6 is 27.3 Å². The van der Waals surface area contributed by atoms with Gasteiger partial charge in [0.15, 0.2) is 5.06 Å². The molecule has 0 radical (unpaired) electrons. The molecule has 2 nitrogen and oxygen atoms in total. The minimum atomic E-state index is 0.266. The van der Waals surface area contributed by atoms with Gasteiger partial charge in [0.1, 0.15) is 5.75 Å². The third-order valence-electron chi connectivity index (χ3n) is 1.91. The molecule has 4 heteroatoms. The summed E-state index contributed by atoms with van der Waals surface area (Å²) in [5.41, 5.74) is 0.828. The van der Waals surface area contributed by atoms with Gasteiger partial charge in [0.05, 0.1) is 0 Å². The van der Waals surface area contributed by atoms with E-state index in [0.717, 1.165) is 15.6 Å². The van der Waals surface area contributed by atoms with Gasteiger partial charge < -0.3 is 10.2 Å². The highest BCUT2D eigenvalue weighted by Crippen LogP contribution is 2.37. The summed E-state index contributed by atoms with van der Waals surface area (Å²) in [6, 6.07) is 5.13. The molecule has 0 aliphatic carbocycles. The summed E-state index contributed by atoms with van der Waals surface area (Å²) in [7, 11) is 0. The van der Waals surface area contributed by atoms with Crippen molar-refractivity contribution in [1.29, 1.82) is 0 Å². The van der Waals surface area contributed by atoms with Gasteiger partial charge >= 0.3 is 0 Å². The molecule has 0 unspecified atom stereocenters. The zero-order valence-electron chi connectivity index (χ0n) is 6.62.